The summed E-state index contributed by atoms with van der Waals surface area (Å²) in [4.78, 5) is 0. The first-order valence-corrected chi connectivity index (χ1v) is 4.10. The van der Waals surface area contributed by atoms with Gasteiger partial charge in [0.2, 0.25) is 0 Å². The average molecular weight is 175 g/mol. The van der Waals surface area contributed by atoms with Gasteiger partial charge in [0.25, 0.3) is 0 Å². The third kappa shape index (κ3) is 1.24. The number of aromatic nitrogens is 1. The van der Waals surface area contributed by atoms with E-state index >= 15 is 0 Å². The number of rotatable bonds is 1. The zero-order valence-corrected chi connectivity index (χ0v) is 7.31. The molecule has 0 atom stereocenters. The number of para-hydroxylation sites is 1. The van der Waals surface area contributed by atoms with Gasteiger partial charge in [0.15, 0.2) is 0 Å². The fraction of sp³-hybridized carbons (Fsp3) is 0.111. The van der Waals surface area contributed by atoms with Crippen LogP contribution in [0.5, 0.6) is 0 Å². The van der Waals surface area contributed by atoms with Crippen molar-refractivity contribution in [2.75, 3.05) is 0 Å². The maximum absolute atomic E-state index is 9.08. The van der Waals surface area contributed by atoms with Gasteiger partial charge in [0.05, 0.1) is 0 Å². The second-order valence-electron chi connectivity index (χ2n) is 3.09. The Kier molecular flexibility index (Phi) is 1.86. The number of benzene rings is 1. The van der Waals surface area contributed by atoms with Crippen molar-refractivity contribution < 1.29 is 10.0 Å². The van der Waals surface area contributed by atoms with Crippen molar-refractivity contribution in [1.29, 1.82) is 0 Å². The molecule has 1 aromatic heterocycles. The molecule has 1 heterocycles. The van der Waals surface area contributed by atoms with E-state index in [2.05, 4.69) is 0 Å². The molecule has 0 saturated heterocycles. The molecule has 0 bridgehead atoms. The monoisotopic (exact) mass is 175 g/mol. The molecule has 13 heavy (non-hydrogen) atoms. The van der Waals surface area contributed by atoms with Crippen molar-refractivity contribution in [3.8, 4) is 0 Å². The molecule has 1 aromatic carbocycles. The zero-order valence-electron chi connectivity index (χ0n) is 7.31. The Morgan fingerprint density at radius 1 is 1.23 bits per heavy atom. The molecule has 0 saturated carbocycles. The lowest BCUT2D eigenvalue weighted by molar-refractivity contribution is 0.426. The summed E-state index contributed by atoms with van der Waals surface area (Å²) in [6.45, 7) is 0. The second kappa shape index (κ2) is 2.90. The van der Waals surface area contributed by atoms with Crippen molar-refractivity contribution in [1.82, 2.24) is 4.57 Å². The van der Waals surface area contributed by atoms with E-state index in [4.69, 9.17) is 10.0 Å². The van der Waals surface area contributed by atoms with E-state index in [0.29, 0.717) is 5.46 Å². The molecular weight excluding hydrogens is 165 g/mol. The van der Waals surface area contributed by atoms with Crippen molar-refractivity contribution in [2.24, 2.45) is 7.05 Å². The van der Waals surface area contributed by atoms with Crippen LogP contribution < -0.4 is 5.46 Å². The van der Waals surface area contributed by atoms with Crippen molar-refractivity contribution in [3.63, 3.8) is 0 Å². The summed E-state index contributed by atoms with van der Waals surface area (Å²) in [6.07, 6.45) is 1.73. The Labute approximate surface area is 76.4 Å². The highest BCUT2D eigenvalue weighted by molar-refractivity contribution is 6.62. The van der Waals surface area contributed by atoms with E-state index < -0.39 is 7.12 Å². The van der Waals surface area contributed by atoms with Gasteiger partial charge in [-0.25, -0.2) is 0 Å². The minimum atomic E-state index is -1.40. The maximum atomic E-state index is 9.08. The standard InChI is InChI=1S/C9H10BNO2/c1-11-6-8(10(12)13)7-4-2-3-5-9(7)11/h2-6,12-13H,1H3. The van der Waals surface area contributed by atoms with Crippen LogP contribution in [0, 0.1) is 0 Å². The molecule has 0 aliphatic heterocycles. The highest BCUT2D eigenvalue weighted by atomic mass is 16.4. The molecule has 4 heteroatoms. The molecular formula is C9H10BNO2. The first-order chi connectivity index (χ1) is 6.20. The van der Waals surface area contributed by atoms with Crippen LogP contribution in [0.15, 0.2) is 30.5 Å². The molecule has 2 N–H and O–H groups in total. The summed E-state index contributed by atoms with van der Waals surface area (Å²) in [5, 5.41) is 19.0. The number of aryl methyl sites for hydroxylation is 1. The van der Waals surface area contributed by atoms with Crippen LogP contribution in [0.25, 0.3) is 10.9 Å². The van der Waals surface area contributed by atoms with Crippen molar-refractivity contribution in [3.05, 3.63) is 30.5 Å². The summed E-state index contributed by atoms with van der Waals surface area (Å²) < 4.78 is 1.88. The van der Waals surface area contributed by atoms with Gasteiger partial charge in [0, 0.05) is 24.2 Å². The van der Waals surface area contributed by atoms with Gasteiger partial charge in [-0.1, -0.05) is 18.2 Å². The van der Waals surface area contributed by atoms with Gasteiger partial charge in [-0.3, -0.25) is 0 Å². The normalized spacial score (nSPS) is 10.7. The Bertz CT molecular complexity index is 436. The first-order valence-electron chi connectivity index (χ1n) is 4.10. The van der Waals surface area contributed by atoms with Crippen LogP contribution in [-0.4, -0.2) is 21.7 Å². The summed E-state index contributed by atoms with van der Waals surface area (Å²) in [5.41, 5.74) is 1.56. The van der Waals surface area contributed by atoms with Crippen LogP contribution in [0.4, 0.5) is 0 Å². The zero-order chi connectivity index (χ0) is 9.42. The second-order valence-corrected chi connectivity index (χ2v) is 3.09. The molecule has 3 nitrogen and oxygen atoms in total. The van der Waals surface area contributed by atoms with Crippen LogP contribution >= 0.6 is 0 Å². The lowest BCUT2D eigenvalue weighted by atomic mass is 9.80. The largest absolute Gasteiger partial charge is 0.490 e. The minimum absolute atomic E-state index is 0.554. The van der Waals surface area contributed by atoms with Gasteiger partial charge in [-0.15, -0.1) is 0 Å². The van der Waals surface area contributed by atoms with Gasteiger partial charge in [-0.2, -0.15) is 0 Å². The highest BCUT2D eigenvalue weighted by Crippen LogP contribution is 2.11. The van der Waals surface area contributed by atoms with Crippen LogP contribution in [0.3, 0.4) is 0 Å². The highest BCUT2D eigenvalue weighted by Gasteiger charge is 2.16. The predicted molar refractivity (Wildman–Crippen MR) is 52.7 cm³/mol. The molecule has 0 aliphatic carbocycles. The molecule has 0 amide bonds. The smallest absolute Gasteiger partial charge is 0.423 e. The number of hydrogen-bond acceptors (Lipinski definition) is 2. The fourth-order valence-corrected chi connectivity index (χ4v) is 1.58. The molecule has 0 fully saturated rings. The Hall–Kier alpha value is -1.26. The molecule has 0 radical (unpaired) electrons. The minimum Gasteiger partial charge on any atom is -0.423 e. The van der Waals surface area contributed by atoms with E-state index in [1.54, 1.807) is 6.20 Å². The molecule has 2 aromatic rings. The van der Waals surface area contributed by atoms with E-state index in [9.17, 15) is 0 Å². The SMILES string of the molecule is Cn1cc(B(O)O)c2ccccc21. The van der Waals surface area contributed by atoms with Gasteiger partial charge < -0.3 is 14.6 Å². The lowest BCUT2D eigenvalue weighted by Gasteiger charge is -1.94. The van der Waals surface area contributed by atoms with E-state index in [-0.39, 0.29) is 0 Å². The molecule has 0 unspecified atom stereocenters. The Morgan fingerprint density at radius 3 is 2.62 bits per heavy atom. The van der Waals surface area contributed by atoms with Crippen LogP contribution in [0.2, 0.25) is 0 Å². The first kappa shape index (κ1) is 8.35. The maximum Gasteiger partial charge on any atom is 0.490 e. The van der Waals surface area contributed by atoms with Crippen LogP contribution in [0.1, 0.15) is 0 Å². The fourth-order valence-electron chi connectivity index (χ4n) is 1.58. The van der Waals surface area contributed by atoms with Crippen molar-refractivity contribution >= 4 is 23.5 Å². The summed E-state index contributed by atoms with van der Waals surface area (Å²) in [7, 11) is 0.486. The third-order valence-corrected chi connectivity index (χ3v) is 2.21. The molecule has 0 aliphatic rings. The molecule has 2 rings (SSSR count). The van der Waals surface area contributed by atoms with Crippen molar-refractivity contribution in [2.45, 2.75) is 0 Å². The number of nitrogens with zero attached hydrogens (tertiary/aromatic N) is 1. The van der Waals surface area contributed by atoms with E-state index in [0.717, 1.165) is 10.9 Å². The van der Waals surface area contributed by atoms with Gasteiger partial charge in [-0.05, 0) is 11.5 Å². The van der Waals surface area contributed by atoms with Gasteiger partial charge in [0.1, 0.15) is 0 Å². The predicted octanol–water partition coefficient (Wildman–Crippen LogP) is -0.142. The third-order valence-electron chi connectivity index (χ3n) is 2.21. The number of fused-ring (bicyclic) bond motifs is 1. The lowest BCUT2D eigenvalue weighted by Crippen LogP contribution is -2.29. The summed E-state index contributed by atoms with van der Waals surface area (Å²) >= 11 is 0. The summed E-state index contributed by atoms with van der Waals surface area (Å²) in [6, 6.07) is 7.63. The van der Waals surface area contributed by atoms with Gasteiger partial charge >= 0.3 is 7.12 Å². The Balaban J connectivity index is 2.78. The van der Waals surface area contributed by atoms with E-state index in [1.165, 1.54) is 0 Å². The van der Waals surface area contributed by atoms with Crippen LogP contribution in [-0.2, 0) is 7.05 Å². The summed E-state index contributed by atoms with van der Waals surface area (Å²) in [5.74, 6) is 0. The van der Waals surface area contributed by atoms with E-state index in [1.807, 2.05) is 35.9 Å². The Morgan fingerprint density at radius 2 is 1.92 bits per heavy atom. The molecule has 0 spiro atoms. The topological polar surface area (TPSA) is 45.4 Å². The quantitative estimate of drug-likeness (QED) is 0.592. The molecule has 66 valence electrons. The average Bonchev–Trinajstić information content (AvgIpc) is 2.45. The number of hydrogen-bond donors (Lipinski definition) is 2.